The second-order valence-corrected chi connectivity index (χ2v) is 23.4. The number of cyclic esters (lactones) is 1. The first-order valence-electron chi connectivity index (χ1n) is 26.8. The highest BCUT2D eigenvalue weighted by Crippen LogP contribution is 2.50. The van der Waals surface area contributed by atoms with Crippen molar-refractivity contribution in [2.45, 2.75) is 198 Å². The molecule has 2 aromatic rings. The fourth-order valence-electron chi connectivity index (χ4n) is 12.1. The van der Waals surface area contributed by atoms with Crippen LogP contribution in [-0.4, -0.2) is 157 Å². The van der Waals surface area contributed by atoms with E-state index < -0.39 is 125 Å². The van der Waals surface area contributed by atoms with Crippen molar-refractivity contribution < 1.29 is 76.1 Å². The van der Waals surface area contributed by atoms with Gasteiger partial charge in [0, 0.05) is 63.1 Å². The molecule has 0 unspecified atom stereocenters. The van der Waals surface area contributed by atoms with Crippen LogP contribution in [0, 0.1) is 29.6 Å². The minimum absolute atomic E-state index is 0.00417. The number of Topliss-reactive ketones (excluding diaryl/α,β-unsaturated/α-hetero) is 1. The van der Waals surface area contributed by atoms with Gasteiger partial charge in [0.15, 0.2) is 30.4 Å². The Labute approximate surface area is 453 Å². The molecule has 424 valence electrons. The molecular formula is C57H84N2O16S. The number of aromatic nitrogens is 1. The lowest BCUT2D eigenvalue weighted by Crippen LogP contribution is -2.62. The number of carbonyl (C=O) groups is 5. The third-order valence-corrected chi connectivity index (χ3v) is 17.6. The van der Waals surface area contributed by atoms with Gasteiger partial charge in [-0.1, -0.05) is 64.1 Å². The van der Waals surface area contributed by atoms with Crippen molar-refractivity contribution in [2.75, 3.05) is 34.1 Å². The van der Waals surface area contributed by atoms with Gasteiger partial charge in [0.1, 0.15) is 29.3 Å². The normalized spacial score (nSPS) is 38.6. The van der Waals surface area contributed by atoms with Crippen LogP contribution in [0.5, 0.6) is 0 Å². The summed E-state index contributed by atoms with van der Waals surface area (Å²) in [5, 5.41) is -0.772. The third-order valence-electron chi connectivity index (χ3n) is 16.3. The van der Waals surface area contributed by atoms with E-state index in [1.54, 1.807) is 41.0 Å². The number of ether oxygens (including phenoxy) is 11. The Bertz CT molecular complexity index is 2260. The Morgan fingerprint density at radius 1 is 0.816 bits per heavy atom. The van der Waals surface area contributed by atoms with Crippen LogP contribution < -0.4 is 0 Å². The number of thioether (sulfide) groups is 1. The number of fused-ring (bicyclic) bond motifs is 1. The van der Waals surface area contributed by atoms with E-state index in [1.165, 1.54) is 25.8 Å². The van der Waals surface area contributed by atoms with Crippen molar-refractivity contribution in [3.8, 4) is 0 Å². The molecule has 4 aliphatic heterocycles. The maximum absolute atomic E-state index is 15.2. The molecule has 0 bridgehead atoms. The Balaban J connectivity index is 1.41. The van der Waals surface area contributed by atoms with E-state index >= 15 is 9.59 Å². The summed E-state index contributed by atoms with van der Waals surface area (Å²) < 4.78 is 70.5. The number of rotatable bonds is 16. The zero-order chi connectivity index (χ0) is 55.9. The first kappa shape index (κ1) is 61.0. The fourth-order valence-corrected chi connectivity index (χ4v) is 13.6. The molecule has 18 nitrogen and oxygen atoms in total. The lowest BCUT2D eigenvalue weighted by atomic mass is 9.70. The van der Waals surface area contributed by atoms with Gasteiger partial charge in [-0.2, -0.15) is 0 Å². The van der Waals surface area contributed by atoms with Crippen molar-refractivity contribution in [1.82, 2.24) is 9.88 Å². The molecule has 6 rings (SSSR count). The van der Waals surface area contributed by atoms with Crippen LogP contribution in [0.4, 0.5) is 4.79 Å². The van der Waals surface area contributed by atoms with Crippen LogP contribution in [0.15, 0.2) is 54.7 Å². The number of benzene rings is 1. The van der Waals surface area contributed by atoms with Crippen LogP contribution in [0.3, 0.4) is 0 Å². The summed E-state index contributed by atoms with van der Waals surface area (Å²) >= 11 is 1.41. The molecule has 0 spiro atoms. The summed E-state index contributed by atoms with van der Waals surface area (Å²) in [6, 6.07) is 14.6. The molecule has 1 aromatic carbocycles. The minimum Gasteiger partial charge on any atom is -0.458 e. The highest BCUT2D eigenvalue weighted by molar-refractivity contribution is 8.00. The molecule has 19 atom stereocenters. The summed E-state index contributed by atoms with van der Waals surface area (Å²) in [7, 11) is 6.84. The molecule has 1 aromatic heterocycles. The van der Waals surface area contributed by atoms with Crippen LogP contribution in [0.1, 0.15) is 113 Å². The zero-order valence-electron chi connectivity index (χ0n) is 47.2. The molecule has 0 amide bonds. The Hall–Kier alpha value is -4.21. The van der Waals surface area contributed by atoms with Crippen LogP contribution in [-0.2, 0) is 84.3 Å². The monoisotopic (exact) mass is 1080 g/mol. The highest BCUT2D eigenvalue weighted by atomic mass is 32.2. The number of nitrogens with zero attached hydrogens (tertiary/aromatic N) is 2. The summed E-state index contributed by atoms with van der Waals surface area (Å²) in [6.45, 7) is 19.5. The molecule has 4 aliphatic rings. The zero-order valence-corrected chi connectivity index (χ0v) is 48.0. The number of aryl methyl sites for hydroxylation is 1. The third kappa shape index (κ3) is 14.0. The maximum atomic E-state index is 15.2. The van der Waals surface area contributed by atoms with Crippen LogP contribution >= 0.6 is 11.8 Å². The van der Waals surface area contributed by atoms with Crippen molar-refractivity contribution in [2.24, 2.45) is 29.6 Å². The maximum Gasteiger partial charge on any atom is 0.509 e. The Morgan fingerprint density at radius 3 is 2.11 bits per heavy atom. The number of hydrogen-bond acceptors (Lipinski definition) is 19. The summed E-state index contributed by atoms with van der Waals surface area (Å²) in [6.07, 6.45) is -6.04. The average molecular weight is 1090 g/mol. The fraction of sp³-hybridized carbons (Fsp3) is 0.719. The van der Waals surface area contributed by atoms with Crippen molar-refractivity contribution in [3.63, 3.8) is 0 Å². The molecular weight excluding hydrogens is 1000 g/mol. The van der Waals surface area contributed by atoms with E-state index in [0.29, 0.717) is 18.6 Å². The van der Waals surface area contributed by atoms with Crippen molar-refractivity contribution >= 4 is 41.6 Å². The predicted molar refractivity (Wildman–Crippen MR) is 282 cm³/mol. The SMILES string of the molecule is CC[C@H]1OC(=O)[C@H](C)[C@@H](O[C@H]2C[C@@](C)(OC)[C@@H](OC(=O)OCc3ccccc3)[C@H](C)O2)[C@H](C)[C@@H](O[C@@H]2O[C@H](C)C[C@H](N(C)C)[C@H]2OC(C)=O)[C@](C)(OC)C[C@@H](C)C(=O)[C@H](C)[C@H]2[C@H](SCCc3ccccn3)C(=O)O[C@@]21C. The highest BCUT2D eigenvalue weighted by Gasteiger charge is 2.62. The smallest absolute Gasteiger partial charge is 0.458 e. The van der Waals surface area contributed by atoms with Gasteiger partial charge in [0.25, 0.3) is 0 Å². The number of carbonyl (C=O) groups excluding carboxylic acids is 5. The first-order valence-corrected chi connectivity index (χ1v) is 27.9. The molecule has 0 N–H and O–H groups in total. The van der Waals surface area contributed by atoms with Gasteiger partial charge >= 0.3 is 24.1 Å². The second-order valence-electron chi connectivity index (χ2n) is 22.2. The van der Waals surface area contributed by atoms with Gasteiger partial charge in [-0.25, -0.2) is 4.79 Å². The molecule has 5 heterocycles. The number of likely N-dealkylation sites (N-methyl/N-ethyl adjacent to an activating group) is 1. The number of esters is 3. The van der Waals surface area contributed by atoms with Gasteiger partial charge in [-0.05, 0) is 105 Å². The number of ketones is 1. The lowest BCUT2D eigenvalue weighted by molar-refractivity contribution is -0.320. The van der Waals surface area contributed by atoms with Gasteiger partial charge in [-0.3, -0.25) is 24.2 Å². The van der Waals surface area contributed by atoms with E-state index in [4.69, 9.17) is 52.1 Å². The topological polar surface area (TPSA) is 203 Å². The van der Waals surface area contributed by atoms with Crippen molar-refractivity contribution in [3.05, 3.63) is 66.0 Å². The van der Waals surface area contributed by atoms with E-state index in [1.807, 2.05) is 109 Å². The summed E-state index contributed by atoms with van der Waals surface area (Å²) in [5.41, 5.74) is -2.29. The predicted octanol–water partition coefficient (Wildman–Crippen LogP) is 7.93. The number of hydrogen-bond donors (Lipinski definition) is 0. The van der Waals surface area contributed by atoms with E-state index in [2.05, 4.69) is 4.98 Å². The average Bonchev–Trinajstić information content (AvgIpc) is 3.64. The standard InChI is InChI=1S/C57H84N2O16S/c1-16-42-57(11)44(48(52(63)75-57)76-27-25-40-24-20-21-26-58-40)34(4)45(61)32(2)29-55(9,65-14)49(73-53-47(70-38(8)60)41(59(12)13)28-33(3)68-53)35(5)46(36(6)51(62)71-42)72-43-30-56(10,66-15)50(37(7)69-43)74-54(64)67-31-39-22-18-17-19-23-39/h17-24,26,32-37,41-44,46-50,53H,16,25,27-31H2,1-15H3/t32-,33-,34-,35+,36-,37+,41+,42-,43+,44+,46+,47-,48+,49-,50+,53+,55-,56-,57-/m1/s1. The molecule has 0 saturated carbocycles. The molecule has 76 heavy (non-hydrogen) atoms. The molecule has 0 radical (unpaired) electrons. The van der Waals surface area contributed by atoms with Crippen molar-refractivity contribution in [1.29, 1.82) is 0 Å². The van der Waals surface area contributed by atoms with Crippen LogP contribution in [0.2, 0.25) is 0 Å². The first-order chi connectivity index (χ1) is 35.9. The minimum atomic E-state index is -1.41. The lowest BCUT2D eigenvalue weighted by Gasteiger charge is -2.50. The van der Waals surface area contributed by atoms with Gasteiger partial charge < -0.3 is 57.0 Å². The van der Waals surface area contributed by atoms with Gasteiger partial charge in [0.2, 0.25) is 0 Å². The van der Waals surface area contributed by atoms with Crippen LogP contribution in [0.25, 0.3) is 0 Å². The second kappa shape index (κ2) is 26.2. The van der Waals surface area contributed by atoms with Gasteiger partial charge in [0.05, 0.1) is 42.0 Å². The Kier molecular flexibility index (Phi) is 21.0. The van der Waals surface area contributed by atoms with Gasteiger partial charge in [-0.15, -0.1) is 11.8 Å². The number of methoxy groups -OCH3 is 2. The largest absolute Gasteiger partial charge is 0.509 e. The van der Waals surface area contributed by atoms with E-state index in [9.17, 15) is 14.4 Å². The quantitative estimate of drug-likeness (QED) is 0.116. The molecule has 19 heteroatoms. The molecule has 4 saturated heterocycles. The van der Waals surface area contributed by atoms with E-state index in [-0.39, 0.29) is 43.8 Å². The molecule has 0 aliphatic carbocycles. The Morgan fingerprint density at radius 2 is 1.49 bits per heavy atom. The molecule has 4 fully saturated rings. The number of pyridine rings is 1. The summed E-state index contributed by atoms with van der Waals surface area (Å²) in [4.78, 5) is 77.2. The summed E-state index contributed by atoms with van der Waals surface area (Å²) in [5.74, 6) is -5.34. The van der Waals surface area contributed by atoms with E-state index in [0.717, 1.165) is 11.3 Å².